The van der Waals surface area contributed by atoms with Gasteiger partial charge in [-0.05, 0) is 30.9 Å². The normalized spacial score (nSPS) is 18.2. The molecule has 0 saturated carbocycles. The number of nitrogens with zero attached hydrogens (tertiary/aromatic N) is 1. The molecule has 2 amide bonds. The molecule has 1 aliphatic rings. The second kappa shape index (κ2) is 8.95. The van der Waals surface area contributed by atoms with Crippen LogP contribution in [0, 0.1) is 0 Å². The highest BCUT2D eigenvalue weighted by Crippen LogP contribution is 2.20. The molecule has 1 aromatic carbocycles. The van der Waals surface area contributed by atoms with Crippen LogP contribution in [0.1, 0.15) is 24.8 Å². The summed E-state index contributed by atoms with van der Waals surface area (Å²) in [6.07, 6.45) is 2.06. The molecule has 0 aliphatic carbocycles. The molecule has 2 aromatic rings. The van der Waals surface area contributed by atoms with E-state index in [1.54, 1.807) is 6.20 Å². The molecule has 1 fully saturated rings. The minimum absolute atomic E-state index is 0.186. The van der Waals surface area contributed by atoms with Gasteiger partial charge in [0, 0.05) is 23.6 Å². The number of nitrogens with two attached hydrogens (primary N) is 1. The zero-order valence-electron chi connectivity index (χ0n) is 16.2. The number of fused-ring (bicyclic) bond motifs is 1. The highest BCUT2D eigenvalue weighted by Gasteiger charge is 2.38. The topological polar surface area (TPSA) is 166 Å². The first-order chi connectivity index (χ1) is 14.3. The molecule has 3 atom stereocenters. The Bertz CT molecular complexity index is 971. The summed E-state index contributed by atoms with van der Waals surface area (Å²) in [5, 5.41) is 21.8. The number of carboxylic acid groups (broad SMARTS) is 2. The fraction of sp³-hybridized carbons (Fsp3) is 0.400. The van der Waals surface area contributed by atoms with Crippen molar-refractivity contribution in [3.63, 3.8) is 0 Å². The number of carboxylic acids is 2. The van der Waals surface area contributed by atoms with Crippen molar-refractivity contribution in [1.82, 2.24) is 15.2 Å². The van der Waals surface area contributed by atoms with Crippen LogP contribution in [-0.2, 0) is 25.6 Å². The highest BCUT2D eigenvalue weighted by molar-refractivity contribution is 5.94. The van der Waals surface area contributed by atoms with Crippen LogP contribution in [0.2, 0.25) is 0 Å². The van der Waals surface area contributed by atoms with E-state index in [1.807, 2.05) is 24.3 Å². The van der Waals surface area contributed by atoms with Crippen LogP contribution in [-0.4, -0.2) is 68.5 Å². The van der Waals surface area contributed by atoms with Crippen LogP contribution in [0.4, 0.5) is 0 Å². The lowest BCUT2D eigenvalue weighted by Crippen LogP contribution is -2.55. The number of carbonyl (C=O) groups excluding carboxylic acids is 2. The molecular weight excluding hydrogens is 392 g/mol. The Balaban J connectivity index is 1.70. The van der Waals surface area contributed by atoms with Crippen molar-refractivity contribution in [3.05, 3.63) is 36.0 Å². The molecule has 1 saturated heterocycles. The van der Waals surface area contributed by atoms with Crippen LogP contribution >= 0.6 is 0 Å². The monoisotopic (exact) mass is 416 g/mol. The molecule has 30 heavy (non-hydrogen) atoms. The van der Waals surface area contributed by atoms with Crippen LogP contribution in [0.25, 0.3) is 10.9 Å². The highest BCUT2D eigenvalue weighted by atomic mass is 16.4. The number of nitrogens with one attached hydrogen (secondary N) is 2. The van der Waals surface area contributed by atoms with Crippen LogP contribution in [0.15, 0.2) is 30.5 Å². The van der Waals surface area contributed by atoms with Gasteiger partial charge < -0.3 is 31.1 Å². The fourth-order valence-electron chi connectivity index (χ4n) is 3.77. The second-order valence-corrected chi connectivity index (χ2v) is 7.36. The van der Waals surface area contributed by atoms with Gasteiger partial charge in [-0.1, -0.05) is 18.2 Å². The predicted octanol–water partition coefficient (Wildman–Crippen LogP) is 0.0728. The summed E-state index contributed by atoms with van der Waals surface area (Å²) < 4.78 is 0. The predicted molar refractivity (Wildman–Crippen MR) is 107 cm³/mol. The standard InChI is InChI=1S/C20H24N4O6/c21-13(8-11-10-22-14-5-2-1-4-12(11)14)18(27)23-15(9-17(25)26)19(28)24-7-3-6-16(24)20(29)30/h1-2,4-5,10,13,15-16,22H,3,6-9,21H2,(H,23,27)(H,25,26)(H,29,30)/t13-,15-,16+/m0/s1. The summed E-state index contributed by atoms with van der Waals surface area (Å²) in [6.45, 7) is 0.198. The van der Waals surface area contributed by atoms with Crippen LogP contribution in [0.3, 0.4) is 0 Å². The van der Waals surface area contributed by atoms with E-state index >= 15 is 0 Å². The Kier molecular flexibility index (Phi) is 6.36. The molecule has 2 heterocycles. The molecule has 0 unspecified atom stereocenters. The zero-order valence-corrected chi connectivity index (χ0v) is 16.2. The van der Waals surface area contributed by atoms with E-state index in [2.05, 4.69) is 10.3 Å². The number of hydrogen-bond acceptors (Lipinski definition) is 5. The third-order valence-electron chi connectivity index (χ3n) is 5.27. The molecule has 1 aromatic heterocycles. The maximum atomic E-state index is 12.8. The summed E-state index contributed by atoms with van der Waals surface area (Å²) in [5.74, 6) is -3.84. The summed E-state index contributed by atoms with van der Waals surface area (Å²) in [4.78, 5) is 52.2. The third-order valence-corrected chi connectivity index (χ3v) is 5.27. The van der Waals surface area contributed by atoms with E-state index in [4.69, 9.17) is 10.8 Å². The number of carbonyl (C=O) groups is 4. The van der Waals surface area contributed by atoms with Gasteiger partial charge in [-0.3, -0.25) is 14.4 Å². The Labute approximate surface area is 172 Å². The van der Waals surface area contributed by atoms with Gasteiger partial charge in [0.2, 0.25) is 11.8 Å². The van der Waals surface area contributed by atoms with Gasteiger partial charge in [0.05, 0.1) is 12.5 Å². The number of H-pyrrole nitrogens is 1. The Morgan fingerprint density at radius 2 is 1.97 bits per heavy atom. The molecule has 0 radical (unpaired) electrons. The van der Waals surface area contributed by atoms with Gasteiger partial charge in [-0.15, -0.1) is 0 Å². The molecule has 10 nitrogen and oxygen atoms in total. The summed E-state index contributed by atoms with van der Waals surface area (Å²) >= 11 is 0. The molecule has 0 spiro atoms. The zero-order chi connectivity index (χ0) is 21.8. The Hall–Kier alpha value is -3.40. The molecule has 1 aliphatic heterocycles. The maximum absolute atomic E-state index is 12.8. The number of aromatic nitrogens is 1. The molecule has 10 heteroatoms. The molecular formula is C20H24N4O6. The summed E-state index contributed by atoms with van der Waals surface area (Å²) in [6, 6.07) is 4.10. The van der Waals surface area contributed by atoms with E-state index in [1.165, 1.54) is 0 Å². The van der Waals surface area contributed by atoms with Crippen molar-refractivity contribution in [2.75, 3.05) is 6.54 Å². The molecule has 0 bridgehead atoms. The molecule has 6 N–H and O–H groups in total. The Morgan fingerprint density at radius 1 is 1.23 bits per heavy atom. The van der Waals surface area contributed by atoms with Gasteiger partial charge >= 0.3 is 11.9 Å². The first kappa shape index (κ1) is 21.3. The van der Waals surface area contributed by atoms with E-state index in [0.717, 1.165) is 21.4 Å². The number of hydrogen-bond donors (Lipinski definition) is 5. The summed E-state index contributed by atoms with van der Waals surface area (Å²) in [5.41, 5.74) is 7.73. The first-order valence-corrected chi connectivity index (χ1v) is 9.64. The first-order valence-electron chi connectivity index (χ1n) is 9.64. The van der Waals surface area contributed by atoms with Crippen molar-refractivity contribution >= 4 is 34.7 Å². The van der Waals surface area contributed by atoms with Crippen molar-refractivity contribution in [2.45, 2.75) is 43.8 Å². The fourth-order valence-corrected chi connectivity index (χ4v) is 3.77. The summed E-state index contributed by atoms with van der Waals surface area (Å²) in [7, 11) is 0. The lowest BCUT2D eigenvalue weighted by molar-refractivity contribution is -0.150. The van der Waals surface area contributed by atoms with E-state index < -0.39 is 48.3 Å². The van der Waals surface area contributed by atoms with E-state index in [9.17, 15) is 24.3 Å². The van der Waals surface area contributed by atoms with Crippen LogP contribution in [0.5, 0.6) is 0 Å². The van der Waals surface area contributed by atoms with E-state index in [0.29, 0.717) is 6.42 Å². The number of para-hydroxylation sites is 1. The molecule has 160 valence electrons. The number of likely N-dealkylation sites (tertiary alicyclic amines) is 1. The van der Waals surface area contributed by atoms with Gasteiger partial charge in [0.15, 0.2) is 0 Å². The van der Waals surface area contributed by atoms with Gasteiger partial charge in [0.1, 0.15) is 12.1 Å². The maximum Gasteiger partial charge on any atom is 0.326 e. The van der Waals surface area contributed by atoms with Gasteiger partial charge in [0.25, 0.3) is 0 Å². The number of benzene rings is 1. The number of aliphatic carboxylic acids is 2. The van der Waals surface area contributed by atoms with Gasteiger partial charge in [-0.25, -0.2) is 4.79 Å². The van der Waals surface area contributed by atoms with E-state index in [-0.39, 0.29) is 19.4 Å². The average Bonchev–Trinajstić information content (AvgIpc) is 3.34. The van der Waals surface area contributed by atoms with Crippen molar-refractivity contribution < 1.29 is 29.4 Å². The molecule has 3 rings (SSSR count). The van der Waals surface area contributed by atoms with Crippen molar-refractivity contribution in [3.8, 4) is 0 Å². The largest absolute Gasteiger partial charge is 0.481 e. The quantitative estimate of drug-likeness (QED) is 0.406. The number of rotatable bonds is 8. The van der Waals surface area contributed by atoms with Crippen LogP contribution < -0.4 is 11.1 Å². The average molecular weight is 416 g/mol. The smallest absolute Gasteiger partial charge is 0.326 e. The minimum Gasteiger partial charge on any atom is -0.481 e. The number of amides is 2. The third kappa shape index (κ3) is 4.60. The van der Waals surface area contributed by atoms with Crippen molar-refractivity contribution in [1.29, 1.82) is 0 Å². The minimum atomic E-state index is -1.39. The van der Waals surface area contributed by atoms with Crippen molar-refractivity contribution in [2.24, 2.45) is 5.73 Å². The Morgan fingerprint density at radius 3 is 2.67 bits per heavy atom. The SMILES string of the molecule is N[C@@H](Cc1c[nH]c2ccccc12)C(=O)N[C@@H](CC(=O)O)C(=O)N1CCC[C@@H]1C(=O)O. The van der Waals surface area contributed by atoms with Gasteiger partial charge in [-0.2, -0.15) is 0 Å². The lowest BCUT2D eigenvalue weighted by Gasteiger charge is -2.27. The number of aromatic amines is 1. The lowest BCUT2D eigenvalue weighted by atomic mass is 10.0. The second-order valence-electron chi connectivity index (χ2n) is 7.36.